The molecular formula is C20H26N2O5S. The van der Waals surface area contributed by atoms with Gasteiger partial charge in [0.2, 0.25) is 5.91 Å². The van der Waals surface area contributed by atoms with Crippen LogP contribution < -0.4 is 14.8 Å². The Hall–Kier alpha value is -1.93. The van der Waals surface area contributed by atoms with E-state index in [9.17, 15) is 9.59 Å². The van der Waals surface area contributed by atoms with Gasteiger partial charge in [0.1, 0.15) is 11.4 Å². The van der Waals surface area contributed by atoms with Crippen LogP contribution in [0.25, 0.3) is 0 Å². The van der Waals surface area contributed by atoms with Crippen LogP contribution in [0.15, 0.2) is 12.1 Å². The molecule has 1 N–H and O–H groups in total. The summed E-state index contributed by atoms with van der Waals surface area (Å²) in [6.45, 7) is 5.25. The van der Waals surface area contributed by atoms with Crippen molar-refractivity contribution in [3.63, 3.8) is 0 Å². The third-order valence-corrected chi connectivity index (χ3v) is 7.21. The van der Waals surface area contributed by atoms with Crippen molar-refractivity contribution < 1.29 is 23.8 Å². The molecule has 152 valence electrons. The molecule has 2 saturated heterocycles. The summed E-state index contributed by atoms with van der Waals surface area (Å²) in [4.78, 5) is 28.2. The van der Waals surface area contributed by atoms with Gasteiger partial charge in [0.25, 0.3) is 5.91 Å². The SMILES string of the molecule is COc1ccc2c(c1OC)C(=O)N1[C@@H](C(=O)NC[C@H]3CCCO3)C(C)(C)S[C@@H]21. The molecule has 3 atom stereocenters. The van der Waals surface area contributed by atoms with E-state index in [4.69, 9.17) is 14.2 Å². The smallest absolute Gasteiger partial charge is 0.260 e. The van der Waals surface area contributed by atoms with Crippen LogP contribution >= 0.6 is 11.8 Å². The third-order valence-electron chi connectivity index (χ3n) is 5.67. The second kappa shape index (κ2) is 7.15. The fourth-order valence-corrected chi connectivity index (χ4v) is 5.95. The highest BCUT2D eigenvalue weighted by Crippen LogP contribution is 2.58. The molecular weight excluding hydrogens is 380 g/mol. The number of nitrogens with one attached hydrogen (secondary N) is 1. The molecule has 1 aromatic rings. The first-order valence-corrected chi connectivity index (χ1v) is 10.4. The number of carbonyl (C=O) groups is 2. The summed E-state index contributed by atoms with van der Waals surface area (Å²) in [5.41, 5.74) is 1.36. The van der Waals surface area contributed by atoms with Gasteiger partial charge < -0.3 is 24.4 Å². The van der Waals surface area contributed by atoms with Gasteiger partial charge in [-0.25, -0.2) is 0 Å². The first-order valence-electron chi connectivity index (χ1n) is 9.53. The van der Waals surface area contributed by atoms with E-state index in [1.165, 1.54) is 7.11 Å². The first-order chi connectivity index (χ1) is 13.4. The van der Waals surface area contributed by atoms with E-state index in [1.807, 2.05) is 26.0 Å². The van der Waals surface area contributed by atoms with Crippen molar-refractivity contribution in [1.29, 1.82) is 0 Å². The number of benzene rings is 1. The molecule has 0 spiro atoms. The molecule has 0 unspecified atom stereocenters. The molecule has 2 amide bonds. The summed E-state index contributed by atoms with van der Waals surface area (Å²) in [5, 5.41) is 2.79. The number of nitrogens with zero attached hydrogens (tertiary/aromatic N) is 1. The topological polar surface area (TPSA) is 77.1 Å². The zero-order valence-electron chi connectivity index (χ0n) is 16.6. The van der Waals surface area contributed by atoms with Crippen molar-refractivity contribution in [1.82, 2.24) is 10.2 Å². The van der Waals surface area contributed by atoms with E-state index >= 15 is 0 Å². The molecule has 7 nitrogen and oxygen atoms in total. The summed E-state index contributed by atoms with van der Waals surface area (Å²) in [5.74, 6) is 0.615. The molecule has 0 radical (unpaired) electrons. The first kappa shape index (κ1) is 19.4. The summed E-state index contributed by atoms with van der Waals surface area (Å²) in [6.07, 6.45) is 2.04. The van der Waals surface area contributed by atoms with Crippen LogP contribution in [0, 0.1) is 0 Å². The minimum absolute atomic E-state index is 0.0627. The second-order valence-electron chi connectivity index (χ2n) is 7.83. The van der Waals surface area contributed by atoms with Crippen LogP contribution in [0.1, 0.15) is 48.0 Å². The Bertz CT molecular complexity index is 806. The number of rotatable bonds is 5. The summed E-state index contributed by atoms with van der Waals surface area (Å²) >= 11 is 1.63. The van der Waals surface area contributed by atoms with Crippen molar-refractivity contribution in [3.05, 3.63) is 23.3 Å². The third kappa shape index (κ3) is 2.93. The molecule has 0 saturated carbocycles. The van der Waals surface area contributed by atoms with Gasteiger partial charge in [-0.05, 0) is 32.8 Å². The van der Waals surface area contributed by atoms with Crippen molar-refractivity contribution in [2.75, 3.05) is 27.4 Å². The fraction of sp³-hybridized carbons (Fsp3) is 0.600. The fourth-order valence-electron chi connectivity index (χ4n) is 4.37. The van der Waals surface area contributed by atoms with Gasteiger partial charge in [-0.15, -0.1) is 11.8 Å². The number of methoxy groups -OCH3 is 2. The minimum atomic E-state index is -0.570. The highest BCUT2D eigenvalue weighted by Gasteiger charge is 2.58. The number of ether oxygens (including phenoxy) is 3. The van der Waals surface area contributed by atoms with Crippen molar-refractivity contribution >= 4 is 23.6 Å². The number of carbonyl (C=O) groups excluding carboxylic acids is 2. The molecule has 0 aromatic heterocycles. The maximum absolute atomic E-state index is 13.4. The lowest BCUT2D eigenvalue weighted by Gasteiger charge is -2.30. The van der Waals surface area contributed by atoms with Crippen LogP contribution in [0.5, 0.6) is 11.5 Å². The summed E-state index contributed by atoms with van der Waals surface area (Å²) < 4.78 is 16.0. The van der Waals surface area contributed by atoms with Crippen LogP contribution in [-0.4, -0.2) is 61.0 Å². The van der Waals surface area contributed by atoms with E-state index in [1.54, 1.807) is 23.8 Å². The molecule has 28 heavy (non-hydrogen) atoms. The summed E-state index contributed by atoms with van der Waals surface area (Å²) in [7, 11) is 3.07. The Labute approximate surface area is 169 Å². The lowest BCUT2D eigenvalue weighted by Crippen LogP contribution is -2.53. The number of fused-ring (bicyclic) bond motifs is 3. The number of hydrogen-bond acceptors (Lipinski definition) is 6. The van der Waals surface area contributed by atoms with Crippen LogP contribution in [-0.2, 0) is 9.53 Å². The highest BCUT2D eigenvalue weighted by molar-refractivity contribution is 8.01. The maximum Gasteiger partial charge on any atom is 0.260 e. The Morgan fingerprint density at radius 3 is 2.79 bits per heavy atom. The van der Waals surface area contributed by atoms with Gasteiger partial charge in [-0.3, -0.25) is 9.59 Å². The molecule has 1 aromatic carbocycles. The monoisotopic (exact) mass is 406 g/mol. The predicted octanol–water partition coefficient (Wildman–Crippen LogP) is 2.35. The molecule has 0 aliphatic carbocycles. The van der Waals surface area contributed by atoms with E-state index in [2.05, 4.69) is 5.32 Å². The molecule has 0 bridgehead atoms. The Kier molecular flexibility index (Phi) is 4.95. The molecule has 4 rings (SSSR count). The number of amides is 2. The van der Waals surface area contributed by atoms with E-state index < -0.39 is 10.8 Å². The largest absolute Gasteiger partial charge is 0.493 e. The van der Waals surface area contributed by atoms with Gasteiger partial charge in [0.05, 0.1) is 25.9 Å². The van der Waals surface area contributed by atoms with Gasteiger partial charge in [-0.1, -0.05) is 6.07 Å². The second-order valence-corrected chi connectivity index (χ2v) is 9.57. The minimum Gasteiger partial charge on any atom is -0.493 e. The molecule has 3 aliphatic heterocycles. The number of hydrogen-bond donors (Lipinski definition) is 1. The number of thioether (sulfide) groups is 1. The molecule has 3 heterocycles. The van der Waals surface area contributed by atoms with Crippen molar-refractivity contribution in [2.45, 2.75) is 49.0 Å². The van der Waals surface area contributed by atoms with Gasteiger partial charge in [-0.2, -0.15) is 0 Å². The molecule has 3 aliphatic rings. The lowest BCUT2D eigenvalue weighted by molar-refractivity contribution is -0.126. The highest BCUT2D eigenvalue weighted by atomic mass is 32.2. The van der Waals surface area contributed by atoms with E-state index in [0.29, 0.717) is 23.6 Å². The zero-order valence-corrected chi connectivity index (χ0v) is 17.4. The van der Waals surface area contributed by atoms with E-state index in [0.717, 1.165) is 25.0 Å². The lowest BCUT2D eigenvalue weighted by atomic mass is 10.0. The van der Waals surface area contributed by atoms with Gasteiger partial charge in [0, 0.05) is 23.5 Å². The van der Waals surface area contributed by atoms with Gasteiger partial charge >= 0.3 is 0 Å². The Morgan fingerprint density at radius 1 is 1.36 bits per heavy atom. The molecule has 2 fully saturated rings. The normalized spacial score (nSPS) is 27.5. The van der Waals surface area contributed by atoms with Crippen LogP contribution in [0.3, 0.4) is 0 Å². The van der Waals surface area contributed by atoms with E-state index in [-0.39, 0.29) is 23.3 Å². The average molecular weight is 407 g/mol. The maximum atomic E-state index is 13.4. The van der Waals surface area contributed by atoms with Gasteiger partial charge in [0.15, 0.2) is 11.5 Å². The average Bonchev–Trinajstić information content (AvgIpc) is 3.34. The van der Waals surface area contributed by atoms with Crippen LogP contribution in [0.4, 0.5) is 0 Å². The molecule has 8 heteroatoms. The standard InChI is InChI=1S/C20H26N2O5S/c1-20(2)16(17(23)21-10-11-6-5-9-27-11)22-18(24)14-12(19(22)28-20)7-8-13(25-3)15(14)26-4/h7-8,11,16,19H,5-6,9-10H2,1-4H3,(H,21,23)/t11-,16+,19+/m1/s1. The Morgan fingerprint density at radius 2 is 2.14 bits per heavy atom. The van der Waals surface area contributed by atoms with Crippen molar-refractivity contribution in [2.24, 2.45) is 0 Å². The summed E-state index contributed by atoms with van der Waals surface area (Å²) in [6, 6.07) is 3.14. The van der Waals surface area contributed by atoms with Crippen molar-refractivity contribution in [3.8, 4) is 11.5 Å². The quantitative estimate of drug-likeness (QED) is 0.809. The zero-order chi connectivity index (χ0) is 20.1. The van der Waals surface area contributed by atoms with Crippen LogP contribution in [0.2, 0.25) is 0 Å². The predicted molar refractivity (Wildman–Crippen MR) is 106 cm³/mol. The Balaban J connectivity index is 1.63.